The molecule has 0 saturated carbocycles. The first-order chi connectivity index (χ1) is 31.7. The first-order valence-electron chi connectivity index (χ1n) is 24.3. The van der Waals surface area contributed by atoms with Crippen LogP contribution in [0.4, 0.5) is 8.78 Å². The molecule has 68 heavy (non-hydrogen) atoms. The number of esters is 1. The number of aromatic nitrogens is 3. The number of carbonyl (C=O) groups excluding carboxylic acids is 1. The quantitative estimate of drug-likeness (QED) is 0.182. The molecule has 3 fully saturated rings. The van der Waals surface area contributed by atoms with Crippen LogP contribution in [0.5, 0.6) is 0 Å². The minimum atomic E-state index is -1.84. The summed E-state index contributed by atoms with van der Waals surface area (Å²) >= 11 is 0. The van der Waals surface area contributed by atoms with Crippen LogP contribution >= 0.6 is 0 Å². The Morgan fingerprint density at radius 2 is 1.69 bits per heavy atom. The third-order valence-electron chi connectivity index (χ3n) is 15.0. The molecule has 0 spiro atoms. The lowest BCUT2D eigenvalue weighted by Gasteiger charge is -2.48. The summed E-state index contributed by atoms with van der Waals surface area (Å²) in [6.45, 7) is 18.4. The Morgan fingerprint density at radius 3 is 2.35 bits per heavy atom. The lowest BCUT2D eigenvalue weighted by Crippen LogP contribution is -2.60. The highest BCUT2D eigenvalue weighted by atomic mass is 19.1. The minimum Gasteiger partial charge on any atom is -0.459 e. The van der Waals surface area contributed by atoms with Gasteiger partial charge in [-0.3, -0.25) is 4.79 Å². The van der Waals surface area contributed by atoms with Crippen molar-refractivity contribution in [2.45, 2.75) is 198 Å². The molecule has 5 rings (SSSR count). The van der Waals surface area contributed by atoms with Crippen molar-refractivity contribution in [1.29, 1.82) is 0 Å². The van der Waals surface area contributed by atoms with E-state index in [1.54, 1.807) is 47.7 Å². The van der Waals surface area contributed by atoms with Crippen molar-refractivity contribution >= 4 is 5.97 Å². The zero-order chi connectivity index (χ0) is 50.6. The number of nitrogens with zero attached hydrogens (tertiary/aromatic N) is 5. The fourth-order valence-electron chi connectivity index (χ4n) is 10.8. The van der Waals surface area contributed by atoms with E-state index in [1.165, 1.54) is 18.7 Å². The number of carbonyl (C=O) groups is 1. The van der Waals surface area contributed by atoms with Gasteiger partial charge < -0.3 is 63.8 Å². The number of rotatable bonds is 13. The van der Waals surface area contributed by atoms with Crippen molar-refractivity contribution in [1.82, 2.24) is 24.8 Å². The Morgan fingerprint density at radius 1 is 1.00 bits per heavy atom. The molecular formula is C49H81F2N5O12. The average molecular weight is 970 g/mol. The molecule has 0 bridgehead atoms. The maximum absolute atomic E-state index is 14.4. The van der Waals surface area contributed by atoms with Crippen LogP contribution in [0.2, 0.25) is 0 Å². The summed E-state index contributed by atoms with van der Waals surface area (Å²) in [5.41, 5.74) is -3.66. The number of hydrogen-bond donors (Lipinski definition) is 5. The molecule has 1 aromatic heterocycles. The molecule has 388 valence electrons. The second-order valence-electron chi connectivity index (χ2n) is 21.0. The van der Waals surface area contributed by atoms with Gasteiger partial charge in [-0.2, -0.15) is 0 Å². The normalized spacial score (nSPS) is 40.7. The molecule has 18 atom stereocenters. The van der Waals surface area contributed by atoms with Gasteiger partial charge in [-0.05, 0) is 106 Å². The van der Waals surface area contributed by atoms with E-state index >= 15 is 0 Å². The van der Waals surface area contributed by atoms with Crippen LogP contribution < -0.4 is 0 Å². The molecule has 0 unspecified atom stereocenters. The van der Waals surface area contributed by atoms with Gasteiger partial charge in [0.2, 0.25) is 0 Å². The van der Waals surface area contributed by atoms with E-state index in [2.05, 4.69) is 10.3 Å². The number of ether oxygens (including phenoxy) is 6. The highest BCUT2D eigenvalue weighted by Gasteiger charge is 2.51. The van der Waals surface area contributed by atoms with E-state index in [-0.39, 0.29) is 43.9 Å². The summed E-state index contributed by atoms with van der Waals surface area (Å²) in [5.74, 6) is -3.83. The lowest BCUT2D eigenvalue weighted by atomic mass is 9.77. The predicted molar refractivity (Wildman–Crippen MR) is 247 cm³/mol. The van der Waals surface area contributed by atoms with E-state index in [9.17, 15) is 39.1 Å². The minimum absolute atomic E-state index is 0.000899. The molecular weight excluding hydrogens is 889 g/mol. The van der Waals surface area contributed by atoms with Gasteiger partial charge in [-0.15, -0.1) is 5.10 Å². The van der Waals surface area contributed by atoms with Crippen molar-refractivity contribution in [3.05, 3.63) is 47.3 Å². The number of aliphatic hydroxyl groups excluding tert-OH is 3. The zero-order valence-corrected chi connectivity index (χ0v) is 42.4. The Kier molecular flexibility index (Phi) is 19.1. The van der Waals surface area contributed by atoms with Crippen LogP contribution in [0.25, 0.3) is 0 Å². The Labute approximate surface area is 401 Å². The molecule has 3 saturated heterocycles. The fourth-order valence-corrected chi connectivity index (χ4v) is 10.8. The van der Waals surface area contributed by atoms with Gasteiger partial charge in [0.15, 0.2) is 6.29 Å². The van der Waals surface area contributed by atoms with Gasteiger partial charge in [0.05, 0.1) is 66.5 Å². The van der Waals surface area contributed by atoms with Crippen molar-refractivity contribution < 1.29 is 67.5 Å². The first-order valence-corrected chi connectivity index (χ1v) is 24.3. The summed E-state index contributed by atoms with van der Waals surface area (Å²) in [5, 5.41) is 67.7. The molecule has 19 heteroatoms. The summed E-state index contributed by atoms with van der Waals surface area (Å²) in [6.07, 6.45) is -6.28. The lowest BCUT2D eigenvalue weighted by molar-refractivity contribution is -0.301. The summed E-state index contributed by atoms with van der Waals surface area (Å²) < 4.78 is 67.6. The number of aliphatic hydroxyl groups is 5. The highest BCUT2D eigenvalue weighted by molar-refractivity contribution is 5.73. The number of hydrogen-bond acceptors (Lipinski definition) is 16. The smallest absolute Gasteiger partial charge is 0.311 e. The summed E-state index contributed by atoms with van der Waals surface area (Å²) in [4.78, 5) is 18.3. The van der Waals surface area contributed by atoms with Gasteiger partial charge >= 0.3 is 5.97 Å². The van der Waals surface area contributed by atoms with Crippen LogP contribution in [0.3, 0.4) is 0 Å². The van der Waals surface area contributed by atoms with Crippen LogP contribution in [0.1, 0.15) is 106 Å². The van der Waals surface area contributed by atoms with Gasteiger partial charge in [-0.1, -0.05) is 26.0 Å². The Hall–Kier alpha value is -2.79. The average Bonchev–Trinajstić information content (AvgIpc) is 3.73. The van der Waals surface area contributed by atoms with E-state index in [1.807, 2.05) is 44.7 Å². The first kappa shape index (κ1) is 56.1. The number of likely N-dealkylation sites (N-methyl/N-ethyl adjacent to an activating group) is 2. The van der Waals surface area contributed by atoms with E-state index in [0.29, 0.717) is 31.6 Å². The standard InChI is InChI=1S/C49H81F2N5O12/c1-14-39-49(10,62)42(58)31(6)55(12)23-27(2)21-47(8,61)44(29(4)41(30(5)45(60)67-39)64-26-36-22-48(9,63-13)43(59)32(7)66-36)68-46-40(57)38(19-28(3)65-46)54(11)18-17-35-25-56(53-52-35)24-33-20-34(50)15-16-37(33)51/h15-16,20,25,27-32,36,38-44,46,57-59,61-62H,14,17-19,21-24,26H2,1-13H3/t27-,28-,29+,30-,31-,32+,36-,38+,39-,40-,41+,42-,43+,44-,46+,47-,48-,49-/m1/s1. The van der Waals surface area contributed by atoms with Gasteiger partial charge in [0.25, 0.3) is 0 Å². The predicted octanol–water partition coefficient (Wildman–Crippen LogP) is 3.47. The monoisotopic (exact) mass is 970 g/mol. The molecule has 0 amide bonds. The summed E-state index contributed by atoms with van der Waals surface area (Å²) in [6, 6.07) is 2.20. The van der Waals surface area contributed by atoms with Crippen molar-refractivity contribution in [3.8, 4) is 0 Å². The Balaban J connectivity index is 1.44. The fraction of sp³-hybridized carbons (Fsp3) is 0.816. The topological polar surface area (TPSA) is 211 Å². The maximum Gasteiger partial charge on any atom is 0.311 e. The van der Waals surface area contributed by atoms with Crippen LogP contribution in [-0.4, -0.2) is 187 Å². The third kappa shape index (κ3) is 13.2. The highest BCUT2D eigenvalue weighted by Crippen LogP contribution is 2.39. The van der Waals surface area contributed by atoms with Crippen LogP contribution in [0, 0.1) is 29.4 Å². The van der Waals surface area contributed by atoms with Crippen LogP contribution in [0.15, 0.2) is 24.4 Å². The largest absolute Gasteiger partial charge is 0.459 e. The van der Waals surface area contributed by atoms with E-state index in [0.717, 1.165) is 18.2 Å². The molecule has 17 nitrogen and oxygen atoms in total. The number of benzene rings is 1. The molecule has 4 heterocycles. The molecule has 5 N–H and O–H groups in total. The second-order valence-corrected chi connectivity index (χ2v) is 21.0. The molecule has 3 aliphatic heterocycles. The molecule has 1 aromatic carbocycles. The zero-order valence-electron chi connectivity index (χ0n) is 42.4. The number of cyclic esters (lactones) is 1. The second kappa shape index (κ2) is 23.2. The van der Waals surface area contributed by atoms with Gasteiger partial charge in [0, 0.05) is 62.8 Å². The van der Waals surface area contributed by atoms with Crippen LogP contribution in [-0.2, 0) is 46.2 Å². The van der Waals surface area contributed by atoms with E-state index in [4.69, 9.17) is 28.4 Å². The molecule has 0 aliphatic carbocycles. The third-order valence-corrected chi connectivity index (χ3v) is 15.0. The molecule has 3 aliphatic rings. The number of methoxy groups -OCH3 is 1. The van der Waals surface area contributed by atoms with E-state index < -0.39 is 120 Å². The number of halogens is 2. The van der Waals surface area contributed by atoms with Crippen molar-refractivity contribution in [3.63, 3.8) is 0 Å². The SMILES string of the molecule is CC[C@H]1OC(=O)[C@H](C)[C@@H](OC[C@H]2C[C@@](C)(OC)[C@@H](O)[C@H](C)O2)[C@H](C)[C@@H](O[C@@H]2O[C@H](C)C[C@H](N(C)CCc3cn(Cc4cc(F)ccc4F)nn3)[C@H]2O)[C@](C)(O)C[C@@H](C)CN(C)[C@H](C)[C@@H](O)[C@]1(C)O. The Bertz CT molecular complexity index is 1930. The maximum atomic E-state index is 14.4. The molecule has 0 radical (unpaired) electrons. The van der Waals surface area contributed by atoms with Gasteiger partial charge in [-0.25, -0.2) is 13.5 Å². The van der Waals surface area contributed by atoms with Crippen molar-refractivity contribution in [2.24, 2.45) is 17.8 Å². The van der Waals surface area contributed by atoms with Crippen molar-refractivity contribution in [2.75, 3.05) is 40.9 Å². The van der Waals surface area contributed by atoms with Gasteiger partial charge in [0.1, 0.15) is 41.7 Å². The molecule has 2 aromatic rings. The summed E-state index contributed by atoms with van der Waals surface area (Å²) in [7, 11) is 5.22.